The van der Waals surface area contributed by atoms with Crippen molar-refractivity contribution in [2.24, 2.45) is 0 Å². The summed E-state index contributed by atoms with van der Waals surface area (Å²) in [5.74, 6) is 0. The summed E-state index contributed by atoms with van der Waals surface area (Å²) in [6.07, 6.45) is 0. The summed E-state index contributed by atoms with van der Waals surface area (Å²) in [7, 11) is 0. The first kappa shape index (κ1) is 20.0. The van der Waals surface area contributed by atoms with Crippen molar-refractivity contribution in [3.05, 3.63) is 106 Å². The molecule has 7 rings (SSSR count). The summed E-state index contributed by atoms with van der Waals surface area (Å²) < 4.78 is 12.6. The van der Waals surface area contributed by atoms with Crippen LogP contribution in [0.3, 0.4) is 0 Å². The second-order valence-corrected chi connectivity index (χ2v) is 9.58. The van der Waals surface area contributed by atoms with Crippen LogP contribution in [0, 0.1) is 13.8 Å². The largest absolute Gasteiger partial charge is 0.372 e. The van der Waals surface area contributed by atoms with Gasteiger partial charge in [0.15, 0.2) is 0 Å². The molecule has 0 radical (unpaired) electrons. The minimum Gasteiger partial charge on any atom is -0.372 e. The van der Waals surface area contributed by atoms with Gasteiger partial charge in [-0.25, -0.2) is 0 Å². The molecule has 0 fully saturated rings. The molecule has 0 atom stereocenters. The molecule has 2 heteroatoms. The average molecular weight is 443 g/mol. The van der Waals surface area contributed by atoms with Crippen LogP contribution in [-0.2, 0) is 35.9 Å². The van der Waals surface area contributed by atoms with Gasteiger partial charge in [0, 0.05) is 0 Å². The van der Waals surface area contributed by atoms with E-state index in [2.05, 4.69) is 86.6 Å². The van der Waals surface area contributed by atoms with Gasteiger partial charge < -0.3 is 9.47 Å². The predicted octanol–water partition coefficient (Wildman–Crippen LogP) is 8.00. The summed E-state index contributed by atoms with van der Waals surface area (Å²) in [4.78, 5) is 0. The maximum absolute atomic E-state index is 6.30. The van der Waals surface area contributed by atoms with E-state index in [1.165, 1.54) is 77.2 Å². The second-order valence-electron chi connectivity index (χ2n) is 9.58. The second kappa shape index (κ2) is 7.53. The van der Waals surface area contributed by atoms with Crippen LogP contribution in [0.25, 0.3) is 43.8 Å². The van der Waals surface area contributed by atoms with Crippen molar-refractivity contribution in [2.75, 3.05) is 0 Å². The fourth-order valence-electron chi connectivity index (χ4n) is 6.03. The van der Waals surface area contributed by atoms with Crippen molar-refractivity contribution in [2.45, 2.75) is 40.3 Å². The molecule has 0 N–H and O–H groups in total. The standard InChI is InChI=1S/C32H26O2/c1-19-20(2)28-18-34-16-24-14-12-22-8-4-6-10-26(22)30(24)32(28)31-27(19)17-33-15-23-13-11-21-7-3-5-9-25(21)29(23)31/h3-14H,15-18H2,1-2H3. The Morgan fingerprint density at radius 1 is 0.471 bits per heavy atom. The zero-order valence-corrected chi connectivity index (χ0v) is 19.6. The highest BCUT2D eigenvalue weighted by molar-refractivity contribution is 6.09. The van der Waals surface area contributed by atoms with Gasteiger partial charge in [0.2, 0.25) is 0 Å². The highest BCUT2D eigenvalue weighted by Gasteiger charge is 2.30. The topological polar surface area (TPSA) is 18.5 Å². The molecule has 0 spiro atoms. The predicted molar refractivity (Wildman–Crippen MR) is 139 cm³/mol. The number of rotatable bonds is 0. The van der Waals surface area contributed by atoms with Crippen LogP contribution >= 0.6 is 0 Å². The SMILES string of the molecule is Cc1c(C)c2c(c3c1COCc1ccc4ccccc4c1-3)-c1c(ccc3ccccc13)COC2. The van der Waals surface area contributed by atoms with Crippen molar-refractivity contribution in [1.82, 2.24) is 0 Å². The van der Waals surface area contributed by atoms with Gasteiger partial charge >= 0.3 is 0 Å². The Balaban J connectivity index is 1.74. The molecule has 0 aliphatic carbocycles. The summed E-state index contributed by atoms with van der Waals surface area (Å²) in [6.45, 7) is 7.01. The van der Waals surface area contributed by atoms with E-state index >= 15 is 0 Å². The maximum atomic E-state index is 6.30. The summed E-state index contributed by atoms with van der Waals surface area (Å²) in [5, 5.41) is 5.13. The lowest BCUT2D eigenvalue weighted by Crippen LogP contribution is -2.05. The first-order chi connectivity index (χ1) is 16.7. The van der Waals surface area contributed by atoms with Gasteiger partial charge in [-0.3, -0.25) is 0 Å². The van der Waals surface area contributed by atoms with Crippen molar-refractivity contribution in [1.29, 1.82) is 0 Å². The van der Waals surface area contributed by atoms with Crippen molar-refractivity contribution >= 4 is 21.5 Å². The number of ether oxygens (including phenoxy) is 2. The lowest BCUT2D eigenvalue weighted by molar-refractivity contribution is 0.108. The van der Waals surface area contributed by atoms with Crippen LogP contribution in [0.2, 0.25) is 0 Å². The van der Waals surface area contributed by atoms with Gasteiger partial charge in [-0.05, 0) is 91.0 Å². The van der Waals surface area contributed by atoms with E-state index < -0.39 is 0 Å². The van der Waals surface area contributed by atoms with Gasteiger partial charge in [0.05, 0.1) is 26.4 Å². The minimum absolute atomic E-state index is 0.624. The molecular weight excluding hydrogens is 416 g/mol. The molecule has 0 saturated heterocycles. The van der Waals surface area contributed by atoms with Gasteiger partial charge in [-0.15, -0.1) is 0 Å². The third-order valence-electron chi connectivity index (χ3n) is 7.86. The third-order valence-corrected chi connectivity index (χ3v) is 7.86. The van der Waals surface area contributed by atoms with Gasteiger partial charge in [-0.1, -0.05) is 72.8 Å². The molecule has 166 valence electrons. The molecule has 0 saturated carbocycles. The van der Waals surface area contributed by atoms with Crippen LogP contribution in [0.1, 0.15) is 33.4 Å². The molecule has 0 unspecified atom stereocenters. The summed E-state index contributed by atoms with van der Waals surface area (Å²) in [6, 6.07) is 26.5. The minimum atomic E-state index is 0.624. The van der Waals surface area contributed by atoms with Crippen LogP contribution in [0.4, 0.5) is 0 Å². The molecule has 34 heavy (non-hydrogen) atoms. The number of hydrogen-bond donors (Lipinski definition) is 0. The Bertz CT molecular complexity index is 1500. The normalized spacial score (nSPS) is 14.6. The van der Waals surface area contributed by atoms with Crippen molar-refractivity contribution in [3.8, 4) is 22.3 Å². The van der Waals surface area contributed by atoms with E-state index in [-0.39, 0.29) is 0 Å². The van der Waals surface area contributed by atoms with Gasteiger partial charge in [0.25, 0.3) is 0 Å². The summed E-state index contributed by atoms with van der Waals surface area (Å²) in [5.41, 5.74) is 13.1. The molecule has 2 nitrogen and oxygen atoms in total. The zero-order valence-electron chi connectivity index (χ0n) is 19.6. The lowest BCUT2D eigenvalue weighted by Gasteiger charge is -2.25. The van der Waals surface area contributed by atoms with Gasteiger partial charge in [-0.2, -0.15) is 0 Å². The molecule has 5 aromatic rings. The Morgan fingerprint density at radius 2 is 0.912 bits per heavy atom. The van der Waals surface area contributed by atoms with E-state index in [0.717, 1.165) is 0 Å². The van der Waals surface area contributed by atoms with Crippen LogP contribution < -0.4 is 0 Å². The van der Waals surface area contributed by atoms with Crippen LogP contribution in [-0.4, -0.2) is 0 Å². The fraction of sp³-hybridized carbons (Fsp3) is 0.188. The number of fused-ring (bicyclic) bond motifs is 11. The van der Waals surface area contributed by atoms with Crippen LogP contribution in [0.5, 0.6) is 0 Å². The first-order valence-electron chi connectivity index (χ1n) is 12.0. The first-order valence-corrected chi connectivity index (χ1v) is 12.0. The smallest absolute Gasteiger partial charge is 0.0730 e. The molecule has 0 amide bonds. The van der Waals surface area contributed by atoms with Gasteiger partial charge in [0.1, 0.15) is 0 Å². The average Bonchev–Trinajstić information content (AvgIpc) is 3.19. The van der Waals surface area contributed by atoms with E-state index in [1.54, 1.807) is 0 Å². The van der Waals surface area contributed by atoms with Crippen LogP contribution in [0.15, 0.2) is 72.8 Å². The monoisotopic (exact) mass is 442 g/mol. The number of benzene rings is 5. The molecular formula is C32H26O2. The Labute approximate surface area is 199 Å². The molecule has 0 aromatic heterocycles. The zero-order chi connectivity index (χ0) is 22.8. The maximum Gasteiger partial charge on any atom is 0.0730 e. The Morgan fingerprint density at radius 3 is 1.38 bits per heavy atom. The van der Waals surface area contributed by atoms with E-state index in [1.807, 2.05) is 0 Å². The van der Waals surface area contributed by atoms with Crippen molar-refractivity contribution in [3.63, 3.8) is 0 Å². The molecule has 5 aromatic carbocycles. The summed E-state index contributed by atoms with van der Waals surface area (Å²) >= 11 is 0. The fourth-order valence-corrected chi connectivity index (χ4v) is 6.03. The lowest BCUT2D eigenvalue weighted by atomic mass is 9.78. The quantitative estimate of drug-likeness (QED) is 0.242. The Hall–Kier alpha value is -3.46. The van der Waals surface area contributed by atoms with E-state index in [0.29, 0.717) is 26.4 Å². The molecule has 2 aliphatic heterocycles. The third kappa shape index (κ3) is 2.76. The van der Waals surface area contributed by atoms with E-state index in [4.69, 9.17) is 9.47 Å². The molecule has 2 aliphatic rings. The highest BCUT2D eigenvalue weighted by atomic mass is 16.5. The Kier molecular flexibility index (Phi) is 4.42. The van der Waals surface area contributed by atoms with Crippen molar-refractivity contribution < 1.29 is 9.47 Å². The van der Waals surface area contributed by atoms with E-state index in [9.17, 15) is 0 Å². The number of hydrogen-bond acceptors (Lipinski definition) is 2. The highest BCUT2D eigenvalue weighted by Crippen LogP contribution is 2.50. The molecule has 2 heterocycles. The molecule has 0 bridgehead atoms.